The second-order valence-corrected chi connectivity index (χ2v) is 6.81. The van der Waals surface area contributed by atoms with Crippen molar-refractivity contribution in [2.75, 3.05) is 0 Å². The highest BCUT2D eigenvalue weighted by atomic mass is 32.2. The number of hydrogen-bond acceptors (Lipinski definition) is 5. The molecule has 0 spiro atoms. The number of rotatable bonds is 6. The molecule has 3 N–H and O–H groups in total. The number of nitrogens with zero attached hydrogens (tertiary/aromatic N) is 1. The lowest BCUT2D eigenvalue weighted by molar-refractivity contribution is 0.0689. The number of aliphatic hydroxyl groups excluding tert-OH is 2. The molecule has 1 aromatic heterocycles. The Morgan fingerprint density at radius 1 is 1.00 bits per heavy atom. The van der Waals surface area contributed by atoms with Crippen LogP contribution in [0.4, 0.5) is 4.39 Å². The molecule has 5 nitrogen and oxygen atoms in total. The van der Waals surface area contributed by atoms with Crippen LogP contribution in [0.25, 0.3) is 11.1 Å². The molecule has 7 heteroatoms. The highest BCUT2D eigenvalue weighted by molar-refractivity contribution is 7.99. The second kappa shape index (κ2) is 8.30. The lowest BCUT2D eigenvalue weighted by Gasteiger charge is -2.12. The summed E-state index contributed by atoms with van der Waals surface area (Å²) in [6.45, 7) is -0.775. The average molecular weight is 385 g/mol. The molecule has 0 radical (unpaired) electrons. The van der Waals surface area contributed by atoms with E-state index in [1.165, 1.54) is 30.0 Å². The fourth-order valence-electron chi connectivity index (χ4n) is 2.62. The Morgan fingerprint density at radius 2 is 1.74 bits per heavy atom. The number of benzene rings is 2. The average Bonchev–Trinajstić information content (AvgIpc) is 2.68. The predicted octanol–water partition coefficient (Wildman–Crippen LogP) is 3.72. The summed E-state index contributed by atoms with van der Waals surface area (Å²) in [5.74, 6) is -1.66. The molecule has 27 heavy (non-hydrogen) atoms. The van der Waals surface area contributed by atoms with E-state index in [9.17, 15) is 19.4 Å². The van der Waals surface area contributed by atoms with E-state index in [2.05, 4.69) is 4.98 Å². The maximum atomic E-state index is 13.9. The number of carbonyl (C=O) groups is 1. The van der Waals surface area contributed by atoms with Crippen LogP contribution in [0, 0.1) is 5.82 Å². The van der Waals surface area contributed by atoms with Crippen molar-refractivity contribution in [3.63, 3.8) is 0 Å². The van der Waals surface area contributed by atoms with E-state index in [0.29, 0.717) is 16.2 Å². The number of aromatic carboxylic acids is 1. The smallest absolute Gasteiger partial charge is 0.354 e. The van der Waals surface area contributed by atoms with E-state index in [4.69, 9.17) is 5.11 Å². The lowest BCUT2D eigenvalue weighted by atomic mass is 9.97. The fraction of sp³-hybridized carbons (Fsp3) is 0.100. The number of carboxylic acids is 1. The quantitative estimate of drug-likeness (QED) is 0.599. The molecular weight excluding hydrogens is 369 g/mol. The van der Waals surface area contributed by atoms with Gasteiger partial charge in [0.05, 0.1) is 13.2 Å². The van der Waals surface area contributed by atoms with Crippen molar-refractivity contribution in [2.24, 2.45) is 0 Å². The van der Waals surface area contributed by atoms with Crippen molar-refractivity contribution < 1.29 is 24.5 Å². The van der Waals surface area contributed by atoms with Crippen LogP contribution < -0.4 is 0 Å². The largest absolute Gasteiger partial charge is 0.477 e. The minimum absolute atomic E-state index is 0.0372. The third-order valence-corrected chi connectivity index (χ3v) is 4.85. The molecule has 0 aliphatic rings. The molecule has 0 unspecified atom stereocenters. The number of carboxylic acid groups (broad SMARTS) is 1. The van der Waals surface area contributed by atoms with Crippen LogP contribution in [0.15, 0.2) is 64.5 Å². The summed E-state index contributed by atoms with van der Waals surface area (Å²) in [5, 5.41) is 28.4. The van der Waals surface area contributed by atoms with Gasteiger partial charge in [-0.1, -0.05) is 30.0 Å². The van der Waals surface area contributed by atoms with Crippen molar-refractivity contribution in [2.45, 2.75) is 23.1 Å². The molecule has 0 amide bonds. The zero-order valence-electron chi connectivity index (χ0n) is 14.1. The van der Waals surface area contributed by atoms with Gasteiger partial charge in [-0.2, -0.15) is 0 Å². The van der Waals surface area contributed by atoms with Crippen LogP contribution in [0.3, 0.4) is 0 Å². The number of aromatic nitrogens is 1. The molecule has 0 saturated carbocycles. The standard InChI is InChI=1S/C20H16FNO4S/c21-17-9-13(10-23)16(8-14(17)11-24)12-3-1-4-15(7-12)27-19-6-2-5-18(22-19)20(25)26/h1-9,23-24H,10-11H2,(H,25,26). The summed E-state index contributed by atoms with van der Waals surface area (Å²) in [5.41, 5.74) is 1.89. The summed E-state index contributed by atoms with van der Waals surface area (Å²) < 4.78 is 13.9. The van der Waals surface area contributed by atoms with E-state index in [1.807, 2.05) is 24.3 Å². The van der Waals surface area contributed by atoms with Crippen LogP contribution >= 0.6 is 11.8 Å². The molecule has 3 rings (SSSR count). The van der Waals surface area contributed by atoms with Crippen molar-refractivity contribution in [1.29, 1.82) is 0 Å². The van der Waals surface area contributed by atoms with Gasteiger partial charge in [0, 0.05) is 10.5 Å². The van der Waals surface area contributed by atoms with Gasteiger partial charge in [-0.05, 0) is 53.1 Å². The third-order valence-electron chi connectivity index (χ3n) is 3.92. The highest BCUT2D eigenvalue weighted by Crippen LogP contribution is 2.32. The Kier molecular flexibility index (Phi) is 5.85. The third kappa shape index (κ3) is 4.33. The summed E-state index contributed by atoms with van der Waals surface area (Å²) >= 11 is 1.29. The molecule has 0 aliphatic carbocycles. The van der Waals surface area contributed by atoms with Crippen LogP contribution in [-0.2, 0) is 13.2 Å². The SMILES string of the molecule is O=C(O)c1cccc(Sc2cccc(-c3cc(CO)c(F)cc3CO)c2)n1. The van der Waals surface area contributed by atoms with E-state index in [0.717, 1.165) is 10.5 Å². The second-order valence-electron chi connectivity index (χ2n) is 5.71. The molecule has 0 fully saturated rings. The molecule has 2 aromatic carbocycles. The molecule has 138 valence electrons. The van der Waals surface area contributed by atoms with E-state index < -0.39 is 18.4 Å². The minimum Gasteiger partial charge on any atom is -0.477 e. The first-order valence-electron chi connectivity index (χ1n) is 8.03. The lowest BCUT2D eigenvalue weighted by Crippen LogP contribution is -2.00. The fourth-order valence-corrected chi connectivity index (χ4v) is 3.48. The van der Waals surface area contributed by atoms with Crippen LogP contribution in [0.1, 0.15) is 21.6 Å². The van der Waals surface area contributed by atoms with Crippen molar-refractivity contribution in [1.82, 2.24) is 4.98 Å². The molecule has 0 saturated heterocycles. The van der Waals surface area contributed by atoms with Crippen molar-refractivity contribution in [3.8, 4) is 11.1 Å². The first-order valence-corrected chi connectivity index (χ1v) is 8.85. The molecule has 0 atom stereocenters. The Hall–Kier alpha value is -2.74. The number of pyridine rings is 1. The van der Waals surface area contributed by atoms with E-state index in [-0.39, 0.29) is 17.9 Å². The van der Waals surface area contributed by atoms with Crippen LogP contribution in [-0.4, -0.2) is 26.3 Å². The Morgan fingerprint density at radius 3 is 2.44 bits per heavy atom. The van der Waals surface area contributed by atoms with Crippen molar-refractivity contribution >= 4 is 17.7 Å². The highest BCUT2D eigenvalue weighted by Gasteiger charge is 2.12. The van der Waals surface area contributed by atoms with Gasteiger partial charge in [-0.25, -0.2) is 14.2 Å². The molecule has 1 heterocycles. The number of halogens is 1. The topological polar surface area (TPSA) is 90.7 Å². The normalized spacial score (nSPS) is 10.8. The zero-order valence-corrected chi connectivity index (χ0v) is 14.9. The first-order chi connectivity index (χ1) is 13.0. The van der Waals surface area contributed by atoms with Gasteiger partial charge in [-0.15, -0.1) is 0 Å². The number of aliphatic hydroxyl groups is 2. The first kappa shape index (κ1) is 19.0. The molecule has 3 aromatic rings. The summed E-state index contributed by atoms with van der Waals surface area (Å²) in [6.07, 6.45) is 0. The molecule has 0 aliphatic heterocycles. The summed E-state index contributed by atoms with van der Waals surface area (Å²) in [4.78, 5) is 15.9. The van der Waals surface area contributed by atoms with Gasteiger partial charge in [0.15, 0.2) is 0 Å². The molecule has 0 bridgehead atoms. The maximum Gasteiger partial charge on any atom is 0.354 e. The summed E-state index contributed by atoms with van der Waals surface area (Å²) in [6, 6.07) is 14.8. The van der Waals surface area contributed by atoms with E-state index >= 15 is 0 Å². The van der Waals surface area contributed by atoms with E-state index in [1.54, 1.807) is 12.1 Å². The molecular formula is C20H16FNO4S. The maximum absolute atomic E-state index is 13.9. The van der Waals surface area contributed by atoms with Gasteiger partial charge >= 0.3 is 5.97 Å². The van der Waals surface area contributed by atoms with Gasteiger partial charge in [-0.3, -0.25) is 0 Å². The van der Waals surface area contributed by atoms with Gasteiger partial charge < -0.3 is 15.3 Å². The van der Waals surface area contributed by atoms with Gasteiger partial charge in [0.25, 0.3) is 0 Å². The Balaban J connectivity index is 1.97. The Labute approximate surface area is 159 Å². The van der Waals surface area contributed by atoms with Crippen LogP contribution in [0.2, 0.25) is 0 Å². The predicted molar refractivity (Wildman–Crippen MR) is 99.0 cm³/mol. The minimum atomic E-state index is -1.10. The zero-order chi connectivity index (χ0) is 19.4. The van der Waals surface area contributed by atoms with Gasteiger partial charge in [0.1, 0.15) is 16.5 Å². The Bertz CT molecular complexity index is 993. The van der Waals surface area contributed by atoms with Crippen molar-refractivity contribution in [3.05, 3.63) is 77.2 Å². The monoisotopic (exact) mass is 385 g/mol. The van der Waals surface area contributed by atoms with Gasteiger partial charge in [0.2, 0.25) is 0 Å². The number of hydrogen-bond donors (Lipinski definition) is 3. The summed E-state index contributed by atoms with van der Waals surface area (Å²) in [7, 11) is 0. The van der Waals surface area contributed by atoms with Crippen LogP contribution in [0.5, 0.6) is 0 Å².